The van der Waals surface area contributed by atoms with Crippen molar-refractivity contribution < 1.29 is 13.6 Å². The first-order valence-electron chi connectivity index (χ1n) is 8.23. The quantitative estimate of drug-likeness (QED) is 0.847. The highest BCUT2D eigenvalue weighted by Crippen LogP contribution is 2.29. The van der Waals surface area contributed by atoms with Crippen molar-refractivity contribution >= 4 is 17.2 Å². The molecule has 1 amide bonds. The van der Waals surface area contributed by atoms with Crippen LogP contribution >= 0.6 is 11.3 Å². The van der Waals surface area contributed by atoms with E-state index in [0.29, 0.717) is 6.54 Å². The maximum Gasteiger partial charge on any atom is 0.251 e. The van der Waals surface area contributed by atoms with E-state index in [1.807, 2.05) is 6.92 Å². The van der Waals surface area contributed by atoms with E-state index in [1.165, 1.54) is 0 Å². The summed E-state index contributed by atoms with van der Waals surface area (Å²) in [6.45, 7) is 4.82. The van der Waals surface area contributed by atoms with Gasteiger partial charge in [0, 0.05) is 44.4 Å². The zero-order chi connectivity index (χ0) is 16.4. The lowest BCUT2D eigenvalue weighted by Gasteiger charge is -2.37. The summed E-state index contributed by atoms with van der Waals surface area (Å²) in [7, 11) is 0. The third-order valence-electron chi connectivity index (χ3n) is 4.71. The first-order valence-corrected chi connectivity index (χ1v) is 9.11. The molecule has 0 bridgehead atoms. The number of hydrogen-bond donors (Lipinski definition) is 0. The third-order valence-corrected chi connectivity index (χ3v) is 5.54. The molecule has 7 heteroatoms. The van der Waals surface area contributed by atoms with Crippen LogP contribution in [0.2, 0.25) is 0 Å². The van der Waals surface area contributed by atoms with Crippen LogP contribution in [0.4, 0.5) is 8.78 Å². The Kier molecular flexibility index (Phi) is 4.96. The van der Waals surface area contributed by atoms with Gasteiger partial charge in [-0.15, -0.1) is 11.3 Å². The second-order valence-electron chi connectivity index (χ2n) is 6.61. The molecule has 23 heavy (non-hydrogen) atoms. The molecule has 1 atom stereocenters. The summed E-state index contributed by atoms with van der Waals surface area (Å²) in [6, 6.07) is 0. The summed E-state index contributed by atoms with van der Waals surface area (Å²) in [5.41, 5.74) is 1.05. The Morgan fingerprint density at radius 2 is 2.13 bits per heavy atom. The highest BCUT2D eigenvalue weighted by Gasteiger charge is 2.38. The second-order valence-corrected chi connectivity index (χ2v) is 7.68. The number of thiazole rings is 1. The Morgan fingerprint density at radius 3 is 2.78 bits per heavy atom. The van der Waals surface area contributed by atoms with Gasteiger partial charge in [-0.2, -0.15) is 0 Å². The number of piperidine rings is 2. The zero-order valence-corrected chi connectivity index (χ0v) is 14.2. The van der Waals surface area contributed by atoms with E-state index >= 15 is 0 Å². The molecule has 128 valence electrons. The molecule has 0 N–H and O–H groups in total. The molecule has 2 fully saturated rings. The van der Waals surface area contributed by atoms with Crippen LogP contribution in [-0.4, -0.2) is 52.8 Å². The normalized spacial score (nSPS) is 25.5. The minimum absolute atomic E-state index is 0.0552. The fourth-order valence-corrected chi connectivity index (χ4v) is 4.03. The van der Waals surface area contributed by atoms with Crippen LogP contribution in [0, 0.1) is 12.8 Å². The minimum atomic E-state index is -2.60. The van der Waals surface area contributed by atoms with E-state index < -0.39 is 5.92 Å². The summed E-state index contributed by atoms with van der Waals surface area (Å²) in [5.74, 6) is -2.60. The first-order chi connectivity index (χ1) is 10.9. The molecule has 4 nitrogen and oxygen atoms in total. The molecule has 1 aromatic rings. The Balaban J connectivity index is 1.54. The molecule has 1 unspecified atom stereocenters. The average molecular weight is 343 g/mol. The number of amides is 1. The van der Waals surface area contributed by atoms with Crippen LogP contribution in [0.5, 0.6) is 0 Å². The molecule has 2 saturated heterocycles. The fraction of sp³-hybridized carbons (Fsp3) is 0.750. The van der Waals surface area contributed by atoms with Gasteiger partial charge in [-0.05, 0) is 26.3 Å². The standard InChI is InChI=1S/C16H23F2N3OS/c1-12-19-14(11-23-12)10-20-6-2-3-13(9-20)15(22)21-7-4-16(17,18)5-8-21/h11,13H,2-10H2,1H3. The summed E-state index contributed by atoms with van der Waals surface area (Å²) >= 11 is 1.64. The number of rotatable bonds is 3. The van der Waals surface area contributed by atoms with Gasteiger partial charge in [-0.1, -0.05) is 0 Å². The highest BCUT2D eigenvalue weighted by atomic mass is 32.1. The third kappa shape index (κ3) is 4.26. The molecular weight excluding hydrogens is 320 g/mol. The summed E-state index contributed by atoms with van der Waals surface area (Å²) < 4.78 is 26.5. The van der Waals surface area contributed by atoms with Crippen molar-refractivity contribution in [2.24, 2.45) is 5.92 Å². The van der Waals surface area contributed by atoms with Gasteiger partial charge >= 0.3 is 0 Å². The van der Waals surface area contributed by atoms with Crippen molar-refractivity contribution in [3.8, 4) is 0 Å². The van der Waals surface area contributed by atoms with E-state index in [2.05, 4.69) is 15.3 Å². The lowest BCUT2D eigenvalue weighted by molar-refractivity contribution is -0.143. The minimum Gasteiger partial charge on any atom is -0.342 e. The molecule has 2 aliphatic rings. The van der Waals surface area contributed by atoms with Crippen LogP contribution in [-0.2, 0) is 11.3 Å². The van der Waals surface area contributed by atoms with Crippen LogP contribution in [0.3, 0.4) is 0 Å². The number of hydrogen-bond acceptors (Lipinski definition) is 4. The first kappa shape index (κ1) is 16.8. The highest BCUT2D eigenvalue weighted by molar-refractivity contribution is 7.09. The molecule has 0 spiro atoms. The summed E-state index contributed by atoms with van der Waals surface area (Å²) in [4.78, 5) is 21.0. The molecular formula is C16H23F2N3OS. The van der Waals surface area contributed by atoms with Gasteiger partial charge in [-0.25, -0.2) is 13.8 Å². The summed E-state index contributed by atoms with van der Waals surface area (Å²) in [6.07, 6.45) is 1.43. The maximum absolute atomic E-state index is 13.2. The molecule has 3 heterocycles. The van der Waals surface area contributed by atoms with Crippen molar-refractivity contribution in [3.63, 3.8) is 0 Å². The number of halogens is 2. The van der Waals surface area contributed by atoms with Crippen LogP contribution in [0.1, 0.15) is 36.4 Å². The molecule has 0 aliphatic carbocycles. The van der Waals surface area contributed by atoms with E-state index in [0.717, 1.165) is 36.6 Å². The van der Waals surface area contributed by atoms with Crippen molar-refractivity contribution in [1.82, 2.24) is 14.8 Å². The number of nitrogens with zero attached hydrogens (tertiary/aromatic N) is 3. The molecule has 2 aliphatic heterocycles. The number of carbonyl (C=O) groups excluding carboxylic acids is 1. The van der Waals surface area contributed by atoms with E-state index in [-0.39, 0.29) is 37.8 Å². The van der Waals surface area contributed by atoms with Gasteiger partial charge in [0.1, 0.15) is 0 Å². The van der Waals surface area contributed by atoms with Gasteiger partial charge in [0.05, 0.1) is 16.6 Å². The Labute approximate surface area is 139 Å². The molecule has 0 aromatic carbocycles. The summed E-state index contributed by atoms with van der Waals surface area (Å²) in [5, 5.41) is 3.12. The van der Waals surface area contributed by atoms with Gasteiger partial charge in [0.15, 0.2) is 0 Å². The lowest BCUT2D eigenvalue weighted by atomic mass is 9.95. The van der Waals surface area contributed by atoms with E-state index in [4.69, 9.17) is 0 Å². The Bertz CT molecular complexity index is 553. The predicted octanol–water partition coefficient (Wildman–Crippen LogP) is 2.92. The lowest BCUT2D eigenvalue weighted by Crippen LogP contribution is -2.48. The molecule has 0 saturated carbocycles. The van der Waals surface area contributed by atoms with Crippen molar-refractivity contribution in [2.45, 2.75) is 45.1 Å². The topological polar surface area (TPSA) is 36.4 Å². The van der Waals surface area contributed by atoms with Crippen molar-refractivity contribution in [3.05, 3.63) is 16.1 Å². The van der Waals surface area contributed by atoms with Gasteiger partial charge < -0.3 is 4.90 Å². The zero-order valence-electron chi connectivity index (χ0n) is 13.4. The predicted molar refractivity (Wildman–Crippen MR) is 85.6 cm³/mol. The number of aromatic nitrogens is 1. The maximum atomic E-state index is 13.2. The molecule has 0 radical (unpaired) electrons. The van der Waals surface area contributed by atoms with Gasteiger partial charge in [-0.3, -0.25) is 9.69 Å². The van der Waals surface area contributed by atoms with Crippen molar-refractivity contribution in [1.29, 1.82) is 0 Å². The Morgan fingerprint density at radius 1 is 1.39 bits per heavy atom. The second kappa shape index (κ2) is 6.81. The van der Waals surface area contributed by atoms with Gasteiger partial charge in [0.25, 0.3) is 5.92 Å². The number of likely N-dealkylation sites (tertiary alicyclic amines) is 2. The van der Waals surface area contributed by atoms with Gasteiger partial charge in [0.2, 0.25) is 5.91 Å². The molecule has 3 rings (SSSR count). The SMILES string of the molecule is Cc1nc(CN2CCCC(C(=O)N3CCC(F)(F)CC3)C2)cs1. The number of alkyl halides is 2. The van der Waals surface area contributed by atoms with E-state index in [9.17, 15) is 13.6 Å². The average Bonchev–Trinajstić information content (AvgIpc) is 2.92. The van der Waals surface area contributed by atoms with Crippen LogP contribution in [0.15, 0.2) is 5.38 Å². The largest absolute Gasteiger partial charge is 0.342 e. The smallest absolute Gasteiger partial charge is 0.251 e. The van der Waals surface area contributed by atoms with Crippen molar-refractivity contribution in [2.75, 3.05) is 26.2 Å². The number of aryl methyl sites for hydroxylation is 1. The monoisotopic (exact) mass is 343 g/mol. The Hall–Kier alpha value is -1.08. The number of carbonyl (C=O) groups is 1. The van der Waals surface area contributed by atoms with Crippen LogP contribution in [0.25, 0.3) is 0 Å². The van der Waals surface area contributed by atoms with Crippen LogP contribution < -0.4 is 0 Å². The fourth-order valence-electron chi connectivity index (χ4n) is 3.42. The van der Waals surface area contributed by atoms with E-state index in [1.54, 1.807) is 16.2 Å². The molecule has 1 aromatic heterocycles.